The molecule has 0 spiro atoms. The van der Waals surface area contributed by atoms with Gasteiger partial charge in [0.15, 0.2) is 5.78 Å². The highest BCUT2D eigenvalue weighted by molar-refractivity contribution is 7.77. The van der Waals surface area contributed by atoms with Crippen LogP contribution < -0.4 is 16.0 Å². The molecule has 1 saturated heterocycles. The average molecular weight is 488 g/mol. The lowest BCUT2D eigenvalue weighted by Crippen LogP contribution is -2.60. The number of thiol groups is 1. The molecule has 1 aliphatic heterocycles. The average Bonchev–Trinajstić information content (AvgIpc) is 3.18. The maximum Gasteiger partial charge on any atom is 0.315 e. The van der Waals surface area contributed by atoms with E-state index in [1.807, 2.05) is 41.7 Å². The quantitative estimate of drug-likeness (QED) is 0.296. The molecule has 1 rings (SSSR count). The van der Waals surface area contributed by atoms with Crippen molar-refractivity contribution in [3.8, 4) is 0 Å². The number of nitrogens with zero attached hydrogens (tertiary/aromatic N) is 2. The van der Waals surface area contributed by atoms with Gasteiger partial charge < -0.3 is 20.9 Å². The van der Waals surface area contributed by atoms with E-state index in [1.54, 1.807) is 9.21 Å². The van der Waals surface area contributed by atoms with Gasteiger partial charge in [0.1, 0.15) is 6.04 Å². The predicted molar refractivity (Wildman–Crippen MR) is 139 cm³/mol. The van der Waals surface area contributed by atoms with Crippen LogP contribution in [0.4, 0.5) is 4.79 Å². The van der Waals surface area contributed by atoms with Gasteiger partial charge >= 0.3 is 6.03 Å². The van der Waals surface area contributed by atoms with E-state index >= 15 is 0 Å². The van der Waals surface area contributed by atoms with Crippen LogP contribution >= 0.6 is 12.8 Å². The molecule has 1 aliphatic rings. The Labute approximate surface area is 207 Å². The zero-order chi connectivity index (χ0) is 26.0. The molecule has 0 bridgehead atoms. The molecule has 3 N–H and O–H groups in total. The minimum atomic E-state index is -0.723. The van der Waals surface area contributed by atoms with Crippen LogP contribution in [0, 0.1) is 10.8 Å². The van der Waals surface area contributed by atoms with Crippen molar-refractivity contribution < 1.29 is 14.4 Å². The minimum absolute atomic E-state index is 0.00584. The van der Waals surface area contributed by atoms with Crippen LogP contribution in [0.15, 0.2) is 0 Å². The van der Waals surface area contributed by atoms with Gasteiger partial charge in [0, 0.05) is 32.2 Å². The zero-order valence-electron chi connectivity index (χ0n) is 22.5. The highest BCUT2D eigenvalue weighted by Gasteiger charge is 2.41. The second-order valence-corrected chi connectivity index (χ2v) is 11.4. The number of Topliss-reactive ketones (excluding diaryl/α,β-unsaturated/α-hetero) is 1. The largest absolute Gasteiger partial charge is 0.334 e. The van der Waals surface area contributed by atoms with Crippen molar-refractivity contribution in [1.82, 2.24) is 25.2 Å². The Morgan fingerprint density at radius 1 is 1.06 bits per heavy atom. The number of hydrogen-bond acceptors (Lipinski definition) is 6. The molecule has 0 aromatic carbocycles. The van der Waals surface area contributed by atoms with Crippen LogP contribution in [0.25, 0.3) is 0 Å². The molecule has 1 heterocycles. The molecule has 0 radical (unpaired) electrons. The van der Waals surface area contributed by atoms with Gasteiger partial charge in [0.25, 0.3) is 0 Å². The van der Waals surface area contributed by atoms with Gasteiger partial charge in [-0.15, -0.1) is 0 Å². The van der Waals surface area contributed by atoms with E-state index in [0.29, 0.717) is 19.5 Å². The first-order valence-corrected chi connectivity index (χ1v) is 12.5. The smallest absolute Gasteiger partial charge is 0.315 e. The molecule has 3 atom stereocenters. The van der Waals surface area contributed by atoms with Crippen LogP contribution in [0.1, 0.15) is 75.2 Å². The molecule has 0 aromatic heterocycles. The Morgan fingerprint density at radius 2 is 1.64 bits per heavy atom. The van der Waals surface area contributed by atoms with E-state index in [0.717, 1.165) is 19.5 Å². The topological polar surface area (TPSA) is 93.8 Å². The number of urea groups is 1. The lowest BCUT2D eigenvalue weighted by Gasteiger charge is -2.37. The Bertz CT molecular complexity index is 629. The molecule has 194 valence electrons. The first-order chi connectivity index (χ1) is 15.1. The SMILES string of the molecule is CC.CC(=O)C1CCCN1C(=O)C(NC(=O)NC(CNCCN(C)S)C(C)(C)C)C(C)(C)C. The summed E-state index contributed by atoms with van der Waals surface area (Å²) in [4.78, 5) is 39.8. The van der Waals surface area contributed by atoms with Gasteiger partial charge in [-0.25, -0.2) is 4.79 Å². The molecular weight excluding hydrogens is 438 g/mol. The standard InChI is InChI=1S/C22H43N5O3S.C2H6/c1-15(28)16-10-9-12-27(16)19(29)18(22(5,6)7)25-20(30)24-17(21(2,3)4)14-23-11-13-26(8)31;1-2/h16-18,23,31H,9-14H2,1-8H3,(H2,24,25,30);1-2H3. The number of ketones is 1. The number of amides is 3. The highest BCUT2D eigenvalue weighted by atomic mass is 32.1. The van der Waals surface area contributed by atoms with Gasteiger partial charge in [-0.05, 0) is 37.6 Å². The van der Waals surface area contributed by atoms with Crippen LogP contribution in [0.2, 0.25) is 0 Å². The Morgan fingerprint density at radius 3 is 2.09 bits per heavy atom. The molecule has 3 amide bonds. The summed E-state index contributed by atoms with van der Waals surface area (Å²) in [7, 11) is 1.89. The summed E-state index contributed by atoms with van der Waals surface area (Å²) in [6, 6.07) is -1.62. The first kappa shape index (κ1) is 31.7. The first-order valence-electron chi connectivity index (χ1n) is 12.1. The molecular formula is C24H49N5O3S. The predicted octanol–water partition coefficient (Wildman–Crippen LogP) is 3.09. The lowest BCUT2D eigenvalue weighted by molar-refractivity contribution is -0.140. The van der Waals surface area contributed by atoms with Crippen LogP contribution in [0.3, 0.4) is 0 Å². The number of rotatable bonds is 9. The van der Waals surface area contributed by atoms with Crippen molar-refractivity contribution in [1.29, 1.82) is 0 Å². The van der Waals surface area contributed by atoms with Gasteiger partial charge in [-0.3, -0.25) is 13.9 Å². The molecule has 1 fully saturated rings. The lowest BCUT2D eigenvalue weighted by atomic mass is 9.85. The number of carbonyl (C=O) groups is 3. The normalized spacial score (nSPS) is 18.3. The summed E-state index contributed by atoms with van der Waals surface area (Å²) in [5, 5.41) is 9.30. The van der Waals surface area contributed by atoms with Gasteiger partial charge in [-0.1, -0.05) is 68.2 Å². The van der Waals surface area contributed by atoms with E-state index in [1.165, 1.54) is 6.92 Å². The van der Waals surface area contributed by atoms with Crippen molar-refractivity contribution >= 4 is 30.5 Å². The number of carbonyl (C=O) groups excluding carboxylic acids is 3. The Kier molecular flexibility index (Phi) is 13.6. The molecule has 3 unspecified atom stereocenters. The minimum Gasteiger partial charge on any atom is -0.334 e. The summed E-state index contributed by atoms with van der Waals surface area (Å²) >= 11 is 4.23. The van der Waals surface area contributed by atoms with E-state index < -0.39 is 17.5 Å². The number of hydrogen-bond donors (Lipinski definition) is 4. The van der Waals surface area contributed by atoms with E-state index in [4.69, 9.17) is 0 Å². The summed E-state index contributed by atoms with van der Waals surface area (Å²) in [5.74, 6) is -0.198. The van der Waals surface area contributed by atoms with Crippen molar-refractivity contribution in [2.24, 2.45) is 10.8 Å². The summed E-state index contributed by atoms with van der Waals surface area (Å²) in [6.07, 6.45) is 1.49. The maximum atomic E-state index is 13.3. The second kappa shape index (κ2) is 14.2. The van der Waals surface area contributed by atoms with Crippen molar-refractivity contribution in [2.75, 3.05) is 33.2 Å². The fourth-order valence-corrected chi connectivity index (χ4v) is 3.76. The summed E-state index contributed by atoms with van der Waals surface area (Å²) < 4.78 is 1.80. The Hall–Kier alpha value is -1.32. The third-order valence-electron chi connectivity index (χ3n) is 5.70. The molecule has 9 heteroatoms. The molecule has 0 aliphatic carbocycles. The van der Waals surface area contributed by atoms with Crippen molar-refractivity contribution in [3.05, 3.63) is 0 Å². The second-order valence-electron chi connectivity index (χ2n) is 10.7. The van der Waals surface area contributed by atoms with E-state index in [2.05, 4.69) is 49.5 Å². The third kappa shape index (κ3) is 11.1. The monoisotopic (exact) mass is 487 g/mol. The van der Waals surface area contributed by atoms with Crippen molar-refractivity contribution in [2.45, 2.75) is 93.3 Å². The van der Waals surface area contributed by atoms with Gasteiger partial charge in [-0.2, -0.15) is 0 Å². The molecule has 33 heavy (non-hydrogen) atoms. The zero-order valence-corrected chi connectivity index (χ0v) is 23.4. The number of likely N-dealkylation sites (tertiary alicyclic amines) is 1. The molecule has 0 saturated carbocycles. The maximum absolute atomic E-state index is 13.3. The van der Waals surface area contributed by atoms with Gasteiger partial charge in [0.2, 0.25) is 5.91 Å². The van der Waals surface area contributed by atoms with Crippen LogP contribution in [-0.4, -0.2) is 78.3 Å². The van der Waals surface area contributed by atoms with Crippen LogP contribution in [-0.2, 0) is 9.59 Å². The fourth-order valence-electron chi connectivity index (χ4n) is 3.66. The fraction of sp³-hybridized carbons (Fsp3) is 0.875. The number of likely N-dealkylation sites (N-methyl/N-ethyl adjacent to an activating group) is 1. The molecule has 0 aromatic rings. The van der Waals surface area contributed by atoms with Crippen LogP contribution in [0.5, 0.6) is 0 Å². The summed E-state index contributed by atoms with van der Waals surface area (Å²) in [6.45, 7) is 20.2. The van der Waals surface area contributed by atoms with Crippen molar-refractivity contribution in [3.63, 3.8) is 0 Å². The third-order valence-corrected chi connectivity index (χ3v) is 5.90. The Balaban J connectivity index is 0.00000497. The van der Waals surface area contributed by atoms with E-state index in [9.17, 15) is 14.4 Å². The number of nitrogens with one attached hydrogen (secondary N) is 3. The summed E-state index contributed by atoms with van der Waals surface area (Å²) in [5.41, 5.74) is -0.669. The van der Waals surface area contributed by atoms with E-state index in [-0.39, 0.29) is 29.2 Å². The molecule has 8 nitrogen and oxygen atoms in total. The highest BCUT2D eigenvalue weighted by Crippen LogP contribution is 2.26. The van der Waals surface area contributed by atoms with Gasteiger partial charge in [0.05, 0.1) is 6.04 Å².